The van der Waals surface area contributed by atoms with Crippen LogP contribution in [0.4, 0.5) is 0 Å². The molecule has 0 amide bonds. The molecule has 0 nitrogen and oxygen atoms in total. The predicted octanol–water partition coefficient (Wildman–Crippen LogP) is 0.851. The van der Waals surface area contributed by atoms with E-state index in [1.807, 2.05) is 0 Å². The van der Waals surface area contributed by atoms with Gasteiger partial charge in [-0.25, -0.2) is 0 Å². The third kappa shape index (κ3) is 1.96. The number of hydrogen-bond donors (Lipinski definition) is 0. The van der Waals surface area contributed by atoms with E-state index < -0.39 is 0 Å². The van der Waals surface area contributed by atoms with Gasteiger partial charge in [0, 0.05) is 0 Å². The van der Waals surface area contributed by atoms with Crippen molar-refractivity contribution < 1.29 is 0 Å². The SMILES string of the molecule is C#C[C](C#C)C#CC. The van der Waals surface area contributed by atoms with Gasteiger partial charge in [0.2, 0.25) is 0 Å². The summed E-state index contributed by atoms with van der Waals surface area (Å²) in [5.74, 6) is 10.1. The first-order valence-corrected chi connectivity index (χ1v) is 2.08. The van der Waals surface area contributed by atoms with E-state index in [4.69, 9.17) is 12.8 Å². The topological polar surface area (TPSA) is 0 Å². The molecule has 0 aliphatic carbocycles. The highest BCUT2D eigenvalue weighted by Gasteiger charge is 1.89. The zero-order valence-corrected chi connectivity index (χ0v) is 4.65. The minimum Gasteiger partial charge on any atom is -0.117 e. The summed E-state index contributed by atoms with van der Waals surface area (Å²) < 4.78 is 0. The molecule has 0 spiro atoms. The van der Waals surface area contributed by atoms with Crippen LogP contribution in [0.2, 0.25) is 0 Å². The molecule has 0 unspecified atom stereocenters. The van der Waals surface area contributed by atoms with Gasteiger partial charge in [-0.15, -0.1) is 18.8 Å². The third-order valence-corrected chi connectivity index (χ3v) is 0.539. The molecule has 0 aliphatic rings. The first-order valence-electron chi connectivity index (χ1n) is 2.08. The molecular weight excluding hydrogens is 96.1 g/mol. The quantitative estimate of drug-likeness (QED) is 0.397. The van der Waals surface area contributed by atoms with Gasteiger partial charge in [0.05, 0.1) is 0 Å². The smallest absolute Gasteiger partial charge is 0.117 e. The molecule has 0 aromatic heterocycles. The molecule has 37 valence electrons. The first-order chi connectivity index (χ1) is 3.85. The Labute approximate surface area is 50.3 Å². The van der Waals surface area contributed by atoms with Crippen molar-refractivity contribution in [3.63, 3.8) is 0 Å². The number of rotatable bonds is 0. The molecule has 0 aromatic carbocycles. The highest BCUT2D eigenvalue weighted by molar-refractivity contribution is 5.47. The van der Waals surface area contributed by atoms with Crippen LogP contribution in [0.25, 0.3) is 0 Å². The summed E-state index contributed by atoms with van der Waals surface area (Å²) >= 11 is 0. The van der Waals surface area contributed by atoms with Crippen LogP contribution in [-0.4, -0.2) is 0 Å². The largest absolute Gasteiger partial charge is 0.189 e. The van der Waals surface area contributed by atoms with Gasteiger partial charge < -0.3 is 0 Å². The molecule has 0 saturated carbocycles. The second-order valence-electron chi connectivity index (χ2n) is 1.04. The Morgan fingerprint density at radius 2 is 1.75 bits per heavy atom. The summed E-state index contributed by atoms with van der Waals surface area (Å²) in [5, 5.41) is 0. The van der Waals surface area contributed by atoms with Crippen LogP contribution in [0.5, 0.6) is 0 Å². The second-order valence-corrected chi connectivity index (χ2v) is 1.04. The fourth-order valence-corrected chi connectivity index (χ4v) is 0.239. The average Bonchev–Trinajstić information content (AvgIpc) is 1.83. The van der Waals surface area contributed by atoms with E-state index in [1.54, 1.807) is 6.92 Å². The highest BCUT2D eigenvalue weighted by Crippen LogP contribution is 1.88. The Morgan fingerprint density at radius 3 is 1.88 bits per heavy atom. The Balaban J connectivity index is 3.95. The monoisotopic (exact) mass is 101 g/mol. The van der Waals surface area contributed by atoms with Crippen LogP contribution in [0.3, 0.4) is 0 Å². The van der Waals surface area contributed by atoms with Crippen LogP contribution in [0.1, 0.15) is 6.92 Å². The van der Waals surface area contributed by atoms with E-state index in [9.17, 15) is 0 Å². The van der Waals surface area contributed by atoms with Crippen LogP contribution in [-0.2, 0) is 0 Å². The van der Waals surface area contributed by atoms with E-state index in [1.165, 1.54) is 0 Å². The van der Waals surface area contributed by atoms with Crippen molar-refractivity contribution in [2.75, 3.05) is 0 Å². The predicted molar refractivity (Wildman–Crippen MR) is 34.4 cm³/mol. The Bertz CT molecular complexity index is 173. The summed E-state index contributed by atoms with van der Waals surface area (Å²) in [5.41, 5.74) is 0. The molecule has 0 bridgehead atoms. The lowest BCUT2D eigenvalue weighted by atomic mass is 10.2. The van der Waals surface area contributed by atoms with Crippen molar-refractivity contribution in [2.45, 2.75) is 6.92 Å². The van der Waals surface area contributed by atoms with Crippen LogP contribution >= 0.6 is 0 Å². The normalized spacial score (nSPS) is 6.00. The van der Waals surface area contributed by atoms with Crippen molar-refractivity contribution in [1.82, 2.24) is 0 Å². The van der Waals surface area contributed by atoms with Crippen molar-refractivity contribution in [3.8, 4) is 36.5 Å². The van der Waals surface area contributed by atoms with Gasteiger partial charge in [-0.3, -0.25) is 0 Å². The highest BCUT2D eigenvalue weighted by atomic mass is 13.9. The van der Waals surface area contributed by atoms with E-state index >= 15 is 0 Å². The Morgan fingerprint density at radius 1 is 1.25 bits per heavy atom. The third-order valence-electron chi connectivity index (χ3n) is 0.539. The average molecular weight is 101 g/mol. The minimum absolute atomic E-state index is 0.410. The fraction of sp³-hybridized carbons (Fsp3) is 0.125. The molecule has 0 saturated heterocycles. The summed E-state index contributed by atoms with van der Waals surface area (Å²) in [6, 6.07) is 0. The molecule has 0 rings (SSSR count). The summed E-state index contributed by atoms with van der Waals surface area (Å²) in [6.07, 6.45) is 9.87. The van der Waals surface area contributed by atoms with Gasteiger partial charge in [-0.2, -0.15) is 0 Å². The van der Waals surface area contributed by atoms with Crippen molar-refractivity contribution in [2.24, 2.45) is 0 Å². The lowest BCUT2D eigenvalue weighted by Crippen LogP contribution is -1.80. The van der Waals surface area contributed by atoms with Gasteiger partial charge in [-0.05, 0) is 6.92 Å². The zero-order chi connectivity index (χ0) is 6.41. The molecule has 1 radical (unpaired) electrons. The van der Waals surface area contributed by atoms with E-state index in [0.29, 0.717) is 5.92 Å². The van der Waals surface area contributed by atoms with E-state index in [0.717, 1.165) is 0 Å². The van der Waals surface area contributed by atoms with Crippen LogP contribution in [0, 0.1) is 42.4 Å². The van der Waals surface area contributed by atoms with Gasteiger partial charge in [-0.1, -0.05) is 17.8 Å². The van der Waals surface area contributed by atoms with Crippen LogP contribution in [0.15, 0.2) is 0 Å². The molecule has 0 heteroatoms. The van der Waals surface area contributed by atoms with Crippen molar-refractivity contribution >= 4 is 0 Å². The molecule has 8 heavy (non-hydrogen) atoms. The van der Waals surface area contributed by atoms with Gasteiger partial charge in [0.25, 0.3) is 0 Å². The molecule has 0 aromatic rings. The summed E-state index contributed by atoms with van der Waals surface area (Å²) in [4.78, 5) is 0. The zero-order valence-electron chi connectivity index (χ0n) is 4.65. The van der Waals surface area contributed by atoms with E-state index in [2.05, 4.69) is 23.7 Å². The minimum atomic E-state index is 0.410. The lowest BCUT2D eigenvalue weighted by molar-refractivity contribution is 1.71. The number of hydrogen-bond acceptors (Lipinski definition) is 0. The standard InChI is InChI=1S/C8H5/c1-4-7-8(5-2)6-3/h2-3H,1H3. The van der Waals surface area contributed by atoms with Crippen molar-refractivity contribution in [3.05, 3.63) is 5.92 Å². The van der Waals surface area contributed by atoms with Crippen molar-refractivity contribution in [1.29, 1.82) is 0 Å². The molecule has 0 heterocycles. The van der Waals surface area contributed by atoms with E-state index in [-0.39, 0.29) is 0 Å². The first kappa shape index (κ1) is 6.68. The van der Waals surface area contributed by atoms with Crippen LogP contribution < -0.4 is 0 Å². The molecule has 0 fully saturated rings. The maximum atomic E-state index is 4.94. The fourth-order valence-electron chi connectivity index (χ4n) is 0.239. The molecular formula is C8H5. The molecule has 0 atom stereocenters. The second kappa shape index (κ2) is 3.86. The molecule has 0 aliphatic heterocycles. The van der Waals surface area contributed by atoms with Gasteiger partial charge in [0.1, 0.15) is 0 Å². The maximum absolute atomic E-state index is 4.94. The summed E-state index contributed by atoms with van der Waals surface area (Å²) in [7, 11) is 0. The maximum Gasteiger partial charge on any atom is 0.189 e. The number of terminal acetylenes is 2. The Kier molecular flexibility index (Phi) is 3.22. The lowest BCUT2D eigenvalue weighted by Gasteiger charge is -1.80. The summed E-state index contributed by atoms with van der Waals surface area (Å²) in [6.45, 7) is 1.69. The Hall–Kier alpha value is -1.32. The van der Waals surface area contributed by atoms with Gasteiger partial charge >= 0.3 is 0 Å². The molecule has 0 N–H and O–H groups in total. The van der Waals surface area contributed by atoms with Gasteiger partial charge in [0.15, 0.2) is 5.92 Å².